The highest BCUT2D eigenvalue weighted by Crippen LogP contribution is 2.27. The molecule has 0 aromatic heterocycles. The van der Waals surface area contributed by atoms with Crippen LogP contribution in [0.2, 0.25) is 0 Å². The van der Waals surface area contributed by atoms with E-state index in [9.17, 15) is 0 Å². The largest absolute Gasteiger partial charge is 0.303 e. The third-order valence-corrected chi connectivity index (χ3v) is 4.50. The van der Waals surface area contributed by atoms with Crippen LogP contribution in [0.5, 0.6) is 0 Å². The molecule has 1 fully saturated rings. The Morgan fingerprint density at radius 1 is 1.26 bits per heavy atom. The monoisotopic (exact) mass is 257 g/mol. The lowest BCUT2D eigenvalue weighted by Crippen LogP contribution is -2.27. The van der Waals surface area contributed by atoms with E-state index in [1.54, 1.807) is 0 Å². The molecule has 1 nitrogen and oxygen atoms in total. The zero-order valence-electron chi connectivity index (χ0n) is 12.7. The molecule has 1 saturated heterocycles. The fourth-order valence-corrected chi connectivity index (χ4v) is 2.95. The highest BCUT2D eigenvalue weighted by Gasteiger charge is 2.20. The summed E-state index contributed by atoms with van der Waals surface area (Å²) in [5.41, 5.74) is 3.88. The number of nitrogens with zero attached hydrogens (tertiary/aromatic N) is 1. The number of hydrogen-bond acceptors (Lipinski definition) is 1. The van der Waals surface area contributed by atoms with E-state index < -0.39 is 0 Å². The molecule has 0 bridgehead atoms. The minimum absolute atomic E-state index is 0.611. The Morgan fingerprint density at radius 3 is 2.58 bits per heavy atom. The number of rotatable bonds is 5. The predicted octanol–water partition coefficient (Wildman–Crippen LogP) is 4.56. The number of hydrogen-bond donors (Lipinski definition) is 0. The summed E-state index contributed by atoms with van der Waals surface area (Å²) < 4.78 is 0. The Kier molecular flexibility index (Phi) is 4.81. The topological polar surface area (TPSA) is 3.24 Å². The van der Waals surface area contributed by atoms with Crippen LogP contribution < -0.4 is 0 Å². The molecule has 1 heterocycles. The summed E-state index contributed by atoms with van der Waals surface area (Å²) in [6.45, 7) is 14.7. The molecule has 1 aromatic carbocycles. The van der Waals surface area contributed by atoms with Crippen molar-refractivity contribution in [2.75, 3.05) is 19.6 Å². The van der Waals surface area contributed by atoms with E-state index in [0.29, 0.717) is 11.8 Å². The molecule has 0 N–H and O–H groups in total. The zero-order valence-corrected chi connectivity index (χ0v) is 12.7. The molecule has 19 heavy (non-hydrogen) atoms. The summed E-state index contributed by atoms with van der Waals surface area (Å²) in [5.74, 6) is 1.32. The molecule has 1 aromatic rings. The van der Waals surface area contributed by atoms with Crippen molar-refractivity contribution < 1.29 is 0 Å². The Morgan fingerprint density at radius 2 is 1.95 bits per heavy atom. The van der Waals surface area contributed by atoms with Crippen LogP contribution in [0.25, 0.3) is 5.57 Å². The molecule has 0 amide bonds. The highest BCUT2D eigenvalue weighted by atomic mass is 15.1. The Hall–Kier alpha value is -1.08. The fraction of sp³-hybridized carbons (Fsp3) is 0.556. The molecule has 2 atom stereocenters. The molecule has 0 spiro atoms. The summed E-state index contributed by atoms with van der Waals surface area (Å²) in [6, 6.07) is 8.90. The Balaban J connectivity index is 2.03. The van der Waals surface area contributed by atoms with Crippen LogP contribution in [0.1, 0.15) is 50.7 Å². The molecule has 104 valence electrons. The first-order chi connectivity index (χ1) is 9.08. The first-order valence-corrected chi connectivity index (χ1v) is 7.56. The standard InChI is InChI=1S/C18H27N/c1-14(2)17-8-7-9-18(12-17)16(4)15(3)13-19-10-5-6-11-19/h7-9,12,15-16H,1,5-6,10-11,13H2,2-4H3. The number of benzene rings is 1. The van der Waals surface area contributed by atoms with Crippen LogP contribution in [0.4, 0.5) is 0 Å². The van der Waals surface area contributed by atoms with Gasteiger partial charge in [0.25, 0.3) is 0 Å². The second kappa shape index (κ2) is 6.38. The third-order valence-electron chi connectivity index (χ3n) is 4.50. The van der Waals surface area contributed by atoms with Crippen LogP contribution in [0.3, 0.4) is 0 Å². The van der Waals surface area contributed by atoms with E-state index in [0.717, 1.165) is 5.57 Å². The summed E-state index contributed by atoms with van der Waals surface area (Å²) in [6.07, 6.45) is 2.76. The minimum atomic E-state index is 0.611. The molecule has 1 aliphatic rings. The highest BCUT2D eigenvalue weighted by molar-refractivity contribution is 5.61. The van der Waals surface area contributed by atoms with Gasteiger partial charge < -0.3 is 4.90 Å². The predicted molar refractivity (Wildman–Crippen MR) is 84.4 cm³/mol. The molecule has 1 heteroatoms. The number of allylic oxidation sites excluding steroid dienone is 1. The zero-order chi connectivity index (χ0) is 13.8. The van der Waals surface area contributed by atoms with E-state index >= 15 is 0 Å². The van der Waals surface area contributed by atoms with Crippen LogP contribution in [-0.4, -0.2) is 24.5 Å². The summed E-state index contributed by atoms with van der Waals surface area (Å²) in [5, 5.41) is 0. The maximum absolute atomic E-state index is 4.05. The smallest absolute Gasteiger partial charge is 0.00128 e. The Bertz CT molecular complexity index is 429. The second-order valence-electron chi connectivity index (χ2n) is 6.18. The van der Waals surface area contributed by atoms with E-state index in [2.05, 4.69) is 56.5 Å². The molecule has 0 aliphatic carbocycles. The first kappa shape index (κ1) is 14.3. The van der Waals surface area contributed by atoms with E-state index in [1.807, 2.05) is 0 Å². The number of likely N-dealkylation sites (tertiary alicyclic amines) is 1. The van der Waals surface area contributed by atoms with Crippen molar-refractivity contribution >= 4 is 5.57 Å². The van der Waals surface area contributed by atoms with E-state index in [4.69, 9.17) is 0 Å². The Labute approximate surface area is 118 Å². The van der Waals surface area contributed by atoms with Crippen LogP contribution >= 0.6 is 0 Å². The van der Waals surface area contributed by atoms with Gasteiger partial charge in [0, 0.05) is 6.54 Å². The lowest BCUT2D eigenvalue weighted by atomic mass is 9.87. The molecule has 0 radical (unpaired) electrons. The van der Waals surface area contributed by atoms with Crippen molar-refractivity contribution in [3.05, 3.63) is 42.0 Å². The van der Waals surface area contributed by atoms with Gasteiger partial charge in [0.2, 0.25) is 0 Å². The summed E-state index contributed by atoms with van der Waals surface area (Å²) in [4.78, 5) is 2.61. The molecular weight excluding hydrogens is 230 g/mol. The van der Waals surface area contributed by atoms with Gasteiger partial charge in [-0.3, -0.25) is 0 Å². The van der Waals surface area contributed by atoms with Gasteiger partial charge in [-0.15, -0.1) is 0 Å². The van der Waals surface area contributed by atoms with Crippen LogP contribution in [0, 0.1) is 5.92 Å². The normalized spacial score (nSPS) is 19.3. The quantitative estimate of drug-likeness (QED) is 0.747. The van der Waals surface area contributed by atoms with Gasteiger partial charge in [-0.1, -0.05) is 50.3 Å². The average molecular weight is 257 g/mol. The van der Waals surface area contributed by atoms with Crippen molar-refractivity contribution in [2.45, 2.75) is 39.5 Å². The maximum atomic E-state index is 4.05. The van der Waals surface area contributed by atoms with Crippen molar-refractivity contribution in [3.63, 3.8) is 0 Å². The van der Waals surface area contributed by atoms with Crippen molar-refractivity contribution in [1.82, 2.24) is 4.90 Å². The van der Waals surface area contributed by atoms with E-state index in [1.165, 1.54) is 43.6 Å². The third kappa shape index (κ3) is 3.70. The van der Waals surface area contributed by atoms with Gasteiger partial charge in [-0.05, 0) is 55.8 Å². The van der Waals surface area contributed by atoms with Gasteiger partial charge >= 0.3 is 0 Å². The van der Waals surface area contributed by atoms with Gasteiger partial charge in [0.05, 0.1) is 0 Å². The van der Waals surface area contributed by atoms with Gasteiger partial charge in [0.15, 0.2) is 0 Å². The lowest BCUT2D eigenvalue weighted by molar-refractivity contribution is 0.269. The minimum Gasteiger partial charge on any atom is -0.303 e. The average Bonchev–Trinajstić information content (AvgIpc) is 2.90. The van der Waals surface area contributed by atoms with Crippen molar-refractivity contribution in [1.29, 1.82) is 0 Å². The van der Waals surface area contributed by atoms with Gasteiger partial charge in [0.1, 0.15) is 0 Å². The fourth-order valence-electron chi connectivity index (χ4n) is 2.95. The van der Waals surface area contributed by atoms with Gasteiger partial charge in [-0.25, -0.2) is 0 Å². The summed E-state index contributed by atoms with van der Waals surface area (Å²) in [7, 11) is 0. The van der Waals surface area contributed by atoms with Crippen molar-refractivity contribution in [3.8, 4) is 0 Å². The van der Waals surface area contributed by atoms with Gasteiger partial charge in [-0.2, -0.15) is 0 Å². The summed E-state index contributed by atoms with van der Waals surface area (Å²) >= 11 is 0. The molecule has 2 rings (SSSR count). The van der Waals surface area contributed by atoms with Crippen LogP contribution in [-0.2, 0) is 0 Å². The second-order valence-corrected chi connectivity index (χ2v) is 6.18. The molecule has 2 unspecified atom stereocenters. The van der Waals surface area contributed by atoms with Crippen molar-refractivity contribution in [2.24, 2.45) is 5.92 Å². The first-order valence-electron chi connectivity index (χ1n) is 7.56. The van der Waals surface area contributed by atoms with Crippen LogP contribution in [0.15, 0.2) is 30.8 Å². The van der Waals surface area contributed by atoms with E-state index in [-0.39, 0.29) is 0 Å². The maximum Gasteiger partial charge on any atom is 0.00128 e. The molecular formula is C18H27N. The molecule has 1 aliphatic heterocycles. The lowest BCUT2D eigenvalue weighted by Gasteiger charge is -2.26. The SMILES string of the molecule is C=C(C)c1cccc(C(C)C(C)CN2CCCC2)c1. The molecule has 0 saturated carbocycles.